The lowest BCUT2D eigenvalue weighted by molar-refractivity contribution is 0.328. The van der Waals surface area contributed by atoms with Crippen molar-refractivity contribution >= 4 is 11.5 Å². The Kier molecular flexibility index (Phi) is 4.07. The molecular weight excluding hydrogens is 224 g/mol. The monoisotopic (exact) mass is 248 g/mol. The molecule has 1 aliphatic rings. The van der Waals surface area contributed by atoms with E-state index < -0.39 is 0 Å². The van der Waals surface area contributed by atoms with E-state index in [1.807, 2.05) is 19.1 Å². The van der Waals surface area contributed by atoms with Crippen LogP contribution in [0.25, 0.3) is 0 Å². The van der Waals surface area contributed by atoms with E-state index in [2.05, 4.69) is 28.8 Å². The Hall–Kier alpha value is -1.29. The van der Waals surface area contributed by atoms with Crippen LogP contribution >= 0.6 is 0 Å². The molecule has 2 rings (SSSR count). The van der Waals surface area contributed by atoms with E-state index in [0.717, 1.165) is 43.3 Å². The van der Waals surface area contributed by atoms with Crippen molar-refractivity contribution < 1.29 is 0 Å². The fraction of sp³-hybridized carbons (Fsp3) is 0.643. The second kappa shape index (κ2) is 5.57. The molecule has 1 saturated heterocycles. The third kappa shape index (κ3) is 2.75. The van der Waals surface area contributed by atoms with Gasteiger partial charge in [0, 0.05) is 24.8 Å². The number of rotatable bonds is 2. The van der Waals surface area contributed by atoms with Crippen LogP contribution in [-0.2, 0) is 0 Å². The van der Waals surface area contributed by atoms with E-state index in [4.69, 9.17) is 5.73 Å². The number of nitrogens with zero attached hydrogens (tertiary/aromatic N) is 3. The molecule has 18 heavy (non-hydrogen) atoms. The topological polar surface area (TPSA) is 45.4 Å². The van der Waals surface area contributed by atoms with Gasteiger partial charge in [0.15, 0.2) is 5.82 Å². The van der Waals surface area contributed by atoms with Gasteiger partial charge in [-0.2, -0.15) is 0 Å². The molecule has 2 N–H and O–H groups in total. The van der Waals surface area contributed by atoms with Crippen LogP contribution in [0.3, 0.4) is 0 Å². The molecule has 4 heteroatoms. The minimum absolute atomic E-state index is 0.508. The van der Waals surface area contributed by atoms with Crippen molar-refractivity contribution in [1.29, 1.82) is 0 Å². The lowest BCUT2D eigenvalue weighted by Crippen LogP contribution is -2.40. The second-order valence-electron chi connectivity index (χ2n) is 5.24. The molecule has 1 fully saturated rings. The molecule has 0 aliphatic carbocycles. The summed E-state index contributed by atoms with van der Waals surface area (Å²) in [4.78, 5) is 9.44. The first kappa shape index (κ1) is 13.1. The van der Waals surface area contributed by atoms with Gasteiger partial charge in [0.05, 0.1) is 5.69 Å². The van der Waals surface area contributed by atoms with Gasteiger partial charge in [0.1, 0.15) is 0 Å². The van der Waals surface area contributed by atoms with Gasteiger partial charge in [0.2, 0.25) is 0 Å². The van der Waals surface area contributed by atoms with Gasteiger partial charge in [0.25, 0.3) is 0 Å². The summed E-state index contributed by atoms with van der Waals surface area (Å²) >= 11 is 0. The number of nitrogens with two attached hydrogens (primary N) is 1. The van der Waals surface area contributed by atoms with Crippen LogP contribution < -0.4 is 10.6 Å². The maximum absolute atomic E-state index is 6.11. The summed E-state index contributed by atoms with van der Waals surface area (Å²) in [5, 5.41) is 0. The molecule has 1 aliphatic heterocycles. The Balaban J connectivity index is 2.31. The number of likely N-dealkylation sites (N-methyl/N-ethyl adjacent to an activating group) is 1. The van der Waals surface area contributed by atoms with E-state index >= 15 is 0 Å². The Labute approximate surface area is 110 Å². The van der Waals surface area contributed by atoms with Gasteiger partial charge in [-0.15, -0.1) is 0 Å². The zero-order valence-corrected chi connectivity index (χ0v) is 11.7. The highest BCUT2D eigenvalue weighted by atomic mass is 15.3. The van der Waals surface area contributed by atoms with Crippen LogP contribution in [0.5, 0.6) is 0 Å². The molecule has 1 aromatic rings. The van der Waals surface area contributed by atoms with Gasteiger partial charge in [-0.3, -0.25) is 0 Å². The van der Waals surface area contributed by atoms with Crippen molar-refractivity contribution in [2.75, 3.05) is 37.3 Å². The maximum Gasteiger partial charge on any atom is 0.152 e. The molecule has 0 bridgehead atoms. The molecule has 0 spiro atoms. The van der Waals surface area contributed by atoms with E-state index in [1.165, 1.54) is 6.42 Å². The summed E-state index contributed by atoms with van der Waals surface area (Å²) in [5.41, 5.74) is 7.93. The first-order valence-electron chi connectivity index (χ1n) is 6.80. The Bertz CT molecular complexity index is 405. The van der Waals surface area contributed by atoms with Crippen LogP contribution in [0.15, 0.2) is 12.1 Å². The summed E-state index contributed by atoms with van der Waals surface area (Å²) in [5.74, 6) is 0.970. The van der Waals surface area contributed by atoms with Crippen LogP contribution in [0.2, 0.25) is 0 Å². The minimum Gasteiger partial charge on any atom is -0.396 e. The highest BCUT2D eigenvalue weighted by molar-refractivity contribution is 5.63. The molecule has 0 saturated carbocycles. The lowest BCUT2D eigenvalue weighted by atomic mass is 10.1. The van der Waals surface area contributed by atoms with Crippen LogP contribution in [-0.4, -0.2) is 42.6 Å². The van der Waals surface area contributed by atoms with Crippen LogP contribution in [0, 0.1) is 6.92 Å². The molecule has 100 valence electrons. The van der Waals surface area contributed by atoms with Gasteiger partial charge in [-0.1, -0.05) is 6.92 Å². The quantitative estimate of drug-likeness (QED) is 0.868. The van der Waals surface area contributed by atoms with E-state index in [9.17, 15) is 0 Å². The van der Waals surface area contributed by atoms with Crippen molar-refractivity contribution in [3.63, 3.8) is 0 Å². The van der Waals surface area contributed by atoms with Gasteiger partial charge >= 0.3 is 0 Å². The molecule has 0 amide bonds. The summed E-state index contributed by atoms with van der Waals surface area (Å²) in [6, 6.07) is 4.46. The second-order valence-corrected chi connectivity index (χ2v) is 5.24. The summed E-state index contributed by atoms with van der Waals surface area (Å²) in [6.45, 7) is 7.55. The largest absolute Gasteiger partial charge is 0.396 e. The van der Waals surface area contributed by atoms with Crippen molar-refractivity contribution in [2.45, 2.75) is 32.7 Å². The predicted molar refractivity (Wildman–Crippen MR) is 76.9 cm³/mol. The van der Waals surface area contributed by atoms with E-state index in [-0.39, 0.29) is 0 Å². The number of anilines is 2. The number of aromatic nitrogens is 1. The Morgan fingerprint density at radius 3 is 2.89 bits per heavy atom. The SMILES string of the molecule is CCC1CN(C)CCCN1c1nc(C)ccc1N. The third-order valence-electron chi connectivity index (χ3n) is 3.69. The van der Waals surface area contributed by atoms with E-state index in [0.29, 0.717) is 6.04 Å². The maximum atomic E-state index is 6.11. The molecule has 1 unspecified atom stereocenters. The Morgan fingerprint density at radius 1 is 1.39 bits per heavy atom. The van der Waals surface area contributed by atoms with Crippen LogP contribution in [0.4, 0.5) is 11.5 Å². The highest BCUT2D eigenvalue weighted by Crippen LogP contribution is 2.25. The van der Waals surface area contributed by atoms with Crippen LogP contribution in [0.1, 0.15) is 25.5 Å². The molecule has 0 aromatic carbocycles. The lowest BCUT2D eigenvalue weighted by Gasteiger charge is -2.32. The van der Waals surface area contributed by atoms with Gasteiger partial charge < -0.3 is 15.5 Å². The predicted octanol–water partition coefficient (Wildman–Crippen LogP) is 1.89. The first-order chi connectivity index (χ1) is 8.61. The van der Waals surface area contributed by atoms with E-state index in [1.54, 1.807) is 0 Å². The van der Waals surface area contributed by atoms with Gasteiger partial charge in [-0.25, -0.2) is 4.98 Å². The summed E-state index contributed by atoms with van der Waals surface area (Å²) in [7, 11) is 2.19. The number of aryl methyl sites for hydroxylation is 1. The normalized spacial score (nSPS) is 21.9. The smallest absolute Gasteiger partial charge is 0.152 e. The minimum atomic E-state index is 0.508. The first-order valence-corrected chi connectivity index (χ1v) is 6.80. The zero-order valence-electron chi connectivity index (χ0n) is 11.7. The Morgan fingerprint density at radius 2 is 2.17 bits per heavy atom. The van der Waals surface area contributed by atoms with Crippen molar-refractivity contribution in [1.82, 2.24) is 9.88 Å². The van der Waals surface area contributed by atoms with Gasteiger partial charge in [-0.05, 0) is 45.5 Å². The number of pyridine rings is 1. The molecule has 2 heterocycles. The molecule has 4 nitrogen and oxygen atoms in total. The number of hydrogen-bond acceptors (Lipinski definition) is 4. The zero-order chi connectivity index (χ0) is 13.1. The highest BCUT2D eigenvalue weighted by Gasteiger charge is 2.24. The van der Waals surface area contributed by atoms with Crippen molar-refractivity contribution in [3.05, 3.63) is 17.8 Å². The summed E-state index contributed by atoms with van der Waals surface area (Å²) in [6.07, 6.45) is 2.29. The number of nitrogen functional groups attached to an aromatic ring is 1. The number of hydrogen-bond donors (Lipinski definition) is 1. The van der Waals surface area contributed by atoms with Crippen molar-refractivity contribution in [2.24, 2.45) is 0 Å². The standard InChI is InChI=1S/C14H24N4/c1-4-12-10-17(3)8-5-9-18(12)14-13(15)7-6-11(2)16-14/h6-7,12H,4-5,8-10,15H2,1-3H3. The molecule has 1 atom stereocenters. The molecule has 0 radical (unpaired) electrons. The summed E-state index contributed by atoms with van der Waals surface area (Å²) < 4.78 is 0. The average Bonchev–Trinajstić information content (AvgIpc) is 2.53. The van der Waals surface area contributed by atoms with Crippen molar-refractivity contribution in [3.8, 4) is 0 Å². The third-order valence-corrected chi connectivity index (χ3v) is 3.69. The fourth-order valence-electron chi connectivity index (χ4n) is 2.66. The molecular formula is C14H24N4. The fourth-order valence-corrected chi connectivity index (χ4v) is 2.66. The molecule has 1 aromatic heterocycles. The average molecular weight is 248 g/mol.